The van der Waals surface area contributed by atoms with Crippen molar-refractivity contribution in [2.24, 2.45) is 0 Å². The number of nitrogens with zero attached hydrogens (tertiary/aromatic N) is 1. The van der Waals surface area contributed by atoms with Crippen LogP contribution in [0.1, 0.15) is 50.4 Å². The predicted molar refractivity (Wildman–Crippen MR) is 68.3 cm³/mol. The lowest BCUT2D eigenvalue weighted by Gasteiger charge is -2.14. The smallest absolute Gasteiger partial charge is 0.308 e. The standard InChI is InChI=1S/C14H21NO2/c1-5-7-8-13-12(6-2)9-15-10(3)14(13)17-11(4)16/h9H,5-8H2,1-4H3. The van der Waals surface area contributed by atoms with Gasteiger partial charge < -0.3 is 4.74 Å². The molecule has 0 saturated heterocycles. The topological polar surface area (TPSA) is 39.2 Å². The molecule has 1 aromatic heterocycles. The summed E-state index contributed by atoms with van der Waals surface area (Å²) in [5.41, 5.74) is 3.13. The minimum absolute atomic E-state index is 0.277. The molecule has 0 saturated carbocycles. The van der Waals surface area contributed by atoms with Crippen LogP contribution in [0.4, 0.5) is 0 Å². The molecule has 0 fully saturated rings. The summed E-state index contributed by atoms with van der Waals surface area (Å²) in [6.07, 6.45) is 5.99. The van der Waals surface area contributed by atoms with Crippen LogP contribution in [0.3, 0.4) is 0 Å². The first kappa shape index (κ1) is 13.7. The van der Waals surface area contributed by atoms with E-state index in [9.17, 15) is 4.79 Å². The van der Waals surface area contributed by atoms with Crippen molar-refractivity contribution < 1.29 is 9.53 Å². The van der Waals surface area contributed by atoms with Gasteiger partial charge in [-0.15, -0.1) is 0 Å². The van der Waals surface area contributed by atoms with Crippen LogP contribution < -0.4 is 4.74 Å². The van der Waals surface area contributed by atoms with Crippen molar-refractivity contribution >= 4 is 5.97 Å². The van der Waals surface area contributed by atoms with Crippen molar-refractivity contribution in [3.05, 3.63) is 23.0 Å². The molecule has 0 aliphatic carbocycles. The maximum Gasteiger partial charge on any atom is 0.308 e. The maximum atomic E-state index is 11.1. The number of aromatic nitrogens is 1. The summed E-state index contributed by atoms with van der Waals surface area (Å²) in [6.45, 7) is 7.57. The second kappa shape index (κ2) is 6.38. The molecule has 17 heavy (non-hydrogen) atoms. The minimum atomic E-state index is -0.277. The number of pyridine rings is 1. The van der Waals surface area contributed by atoms with E-state index in [2.05, 4.69) is 18.8 Å². The van der Waals surface area contributed by atoms with Crippen LogP contribution in [-0.4, -0.2) is 11.0 Å². The number of esters is 1. The van der Waals surface area contributed by atoms with Crippen LogP contribution in [0.2, 0.25) is 0 Å². The van der Waals surface area contributed by atoms with E-state index in [1.165, 1.54) is 12.5 Å². The molecule has 0 spiro atoms. The minimum Gasteiger partial charge on any atom is -0.424 e. The van der Waals surface area contributed by atoms with Crippen LogP contribution in [0, 0.1) is 6.92 Å². The third-order valence-electron chi connectivity index (χ3n) is 2.81. The average molecular weight is 235 g/mol. The van der Waals surface area contributed by atoms with Crippen molar-refractivity contribution in [1.82, 2.24) is 4.98 Å². The predicted octanol–water partition coefficient (Wildman–Crippen LogP) is 3.22. The van der Waals surface area contributed by atoms with Gasteiger partial charge in [0.1, 0.15) is 0 Å². The van der Waals surface area contributed by atoms with E-state index in [-0.39, 0.29) is 5.97 Å². The third-order valence-corrected chi connectivity index (χ3v) is 2.81. The number of unbranched alkanes of at least 4 members (excludes halogenated alkanes) is 1. The summed E-state index contributed by atoms with van der Waals surface area (Å²) in [7, 11) is 0. The van der Waals surface area contributed by atoms with Gasteiger partial charge >= 0.3 is 5.97 Å². The Morgan fingerprint density at radius 3 is 2.65 bits per heavy atom. The van der Waals surface area contributed by atoms with Crippen LogP contribution in [-0.2, 0) is 17.6 Å². The number of hydrogen-bond donors (Lipinski definition) is 0. The highest BCUT2D eigenvalue weighted by molar-refractivity contribution is 5.70. The quantitative estimate of drug-likeness (QED) is 0.735. The van der Waals surface area contributed by atoms with Gasteiger partial charge in [-0.3, -0.25) is 9.78 Å². The highest BCUT2D eigenvalue weighted by Crippen LogP contribution is 2.27. The normalized spacial score (nSPS) is 10.4. The van der Waals surface area contributed by atoms with Gasteiger partial charge in [-0.2, -0.15) is 0 Å². The molecule has 1 heterocycles. The molecule has 0 amide bonds. The second-order valence-corrected chi connectivity index (χ2v) is 4.23. The molecular weight excluding hydrogens is 214 g/mol. The van der Waals surface area contributed by atoms with Crippen LogP contribution in [0.15, 0.2) is 6.20 Å². The lowest BCUT2D eigenvalue weighted by atomic mass is 10.00. The molecule has 0 unspecified atom stereocenters. The monoisotopic (exact) mass is 235 g/mol. The zero-order chi connectivity index (χ0) is 12.8. The van der Waals surface area contributed by atoms with Gasteiger partial charge in [-0.1, -0.05) is 20.3 Å². The molecule has 0 bridgehead atoms. The summed E-state index contributed by atoms with van der Waals surface area (Å²) < 4.78 is 5.31. The van der Waals surface area contributed by atoms with Gasteiger partial charge in [0.25, 0.3) is 0 Å². The number of carbonyl (C=O) groups is 1. The average Bonchev–Trinajstić information content (AvgIpc) is 2.29. The number of carbonyl (C=O) groups excluding carboxylic acids is 1. The molecule has 1 aromatic rings. The van der Waals surface area contributed by atoms with Gasteiger partial charge in [-0.25, -0.2) is 0 Å². The zero-order valence-corrected chi connectivity index (χ0v) is 11.2. The molecule has 1 rings (SSSR count). The van der Waals surface area contributed by atoms with E-state index in [1.54, 1.807) is 0 Å². The van der Waals surface area contributed by atoms with Crippen LogP contribution in [0.5, 0.6) is 5.75 Å². The molecular formula is C14H21NO2. The number of aryl methyl sites for hydroxylation is 2. The maximum absolute atomic E-state index is 11.1. The molecule has 0 aromatic carbocycles. The first-order chi connectivity index (χ1) is 8.10. The SMILES string of the molecule is CCCCc1c(CC)cnc(C)c1OC(C)=O. The van der Waals surface area contributed by atoms with Crippen molar-refractivity contribution in [2.45, 2.75) is 53.4 Å². The fourth-order valence-corrected chi connectivity index (χ4v) is 1.89. The van der Waals surface area contributed by atoms with Gasteiger partial charge in [0.05, 0.1) is 5.69 Å². The first-order valence-corrected chi connectivity index (χ1v) is 6.25. The molecule has 0 aliphatic rings. The Kier molecular flexibility index (Phi) is 5.13. The summed E-state index contributed by atoms with van der Waals surface area (Å²) >= 11 is 0. The molecule has 3 heteroatoms. The molecule has 3 nitrogen and oxygen atoms in total. The zero-order valence-electron chi connectivity index (χ0n) is 11.2. The second-order valence-electron chi connectivity index (χ2n) is 4.23. The molecule has 0 aliphatic heterocycles. The van der Waals surface area contributed by atoms with E-state index < -0.39 is 0 Å². The van der Waals surface area contributed by atoms with E-state index in [0.717, 1.165) is 36.9 Å². The van der Waals surface area contributed by atoms with Gasteiger partial charge in [0.15, 0.2) is 5.75 Å². The Labute approximate surface area is 103 Å². The Morgan fingerprint density at radius 2 is 2.12 bits per heavy atom. The van der Waals surface area contributed by atoms with Gasteiger partial charge in [0.2, 0.25) is 0 Å². The third kappa shape index (κ3) is 3.55. The molecule has 94 valence electrons. The molecule has 0 N–H and O–H groups in total. The van der Waals surface area contributed by atoms with Crippen LogP contribution in [0.25, 0.3) is 0 Å². The summed E-state index contributed by atoms with van der Waals surface area (Å²) in [6, 6.07) is 0. The van der Waals surface area contributed by atoms with Crippen molar-refractivity contribution in [2.75, 3.05) is 0 Å². The van der Waals surface area contributed by atoms with Crippen LogP contribution >= 0.6 is 0 Å². The Balaban J connectivity index is 3.16. The number of hydrogen-bond acceptors (Lipinski definition) is 3. The molecule has 0 radical (unpaired) electrons. The van der Waals surface area contributed by atoms with E-state index in [1.807, 2.05) is 13.1 Å². The Bertz CT molecular complexity index is 399. The highest BCUT2D eigenvalue weighted by atomic mass is 16.5. The first-order valence-electron chi connectivity index (χ1n) is 6.25. The van der Waals surface area contributed by atoms with Gasteiger partial charge in [-0.05, 0) is 31.7 Å². The number of rotatable bonds is 5. The highest BCUT2D eigenvalue weighted by Gasteiger charge is 2.14. The largest absolute Gasteiger partial charge is 0.424 e. The molecule has 0 atom stereocenters. The fraction of sp³-hybridized carbons (Fsp3) is 0.571. The van der Waals surface area contributed by atoms with Crippen molar-refractivity contribution in [3.63, 3.8) is 0 Å². The Morgan fingerprint density at radius 1 is 1.41 bits per heavy atom. The summed E-state index contributed by atoms with van der Waals surface area (Å²) in [5, 5.41) is 0. The lowest BCUT2D eigenvalue weighted by molar-refractivity contribution is -0.132. The van der Waals surface area contributed by atoms with E-state index >= 15 is 0 Å². The Hall–Kier alpha value is -1.38. The van der Waals surface area contributed by atoms with Gasteiger partial charge in [0, 0.05) is 18.7 Å². The summed E-state index contributed by atoms with van der Waals surface area (Å²) in [5.74, 6) is 0.395. The van der Waals surface area contributed by atoms with E-state index in [4.69, 9.17) is 4.74 Å². The van der Waals surface area contributed by atoms with Crippen molar-refractivity contribution in [1.29, 1.82) is 0 Å². The van der Waals surface area contributed by atoms with E-state index in [0.29, 0.717) is 5.75 Å². The summed E-state index contributed by atoms with van der Waals surface area (Å²) in [4.78, 5) is 15.4. The van der Waals surface area contributed by atoms with Crippen molar-refractivity contribution in [3.8, 4) is 5.75 Å². The fourth-order valence-electron chi connectivity index (χ4n) is 1.89. The number of ether oxygens (including phenoxy) is 1. The lowest BCUT2D eigenvalue weighted by Crippen LogP contribution is -2.09.